The molecule has 6 rings (SSSR count). The lowest BCUT2D eigenvalue weighted by Crippen LogP contribution is -2.54. The maximum Gasteiger partial charge on any atom is 0.410 e. The molecule has 48 heavy (non-hydrogen) atoms. The Balaban J connectivity index is 1.16. The number of amides is 3. The summed E-state index contributed by atoms with van der Waals surface area (Å²) in [5, 5.41) is 27.9. The number of phenols is 1. The zero-order valence-electron chi connectivity index (χ0n) is 28.4. The van der Waals surface area contributed by atoms with Crippen molar-refractivity contribution in [3.05, 3.63) is 47.0 Å². The van der Waals surface area contributed by atoms with E-state index in [1.165, 1.54) is 11.3 Å². The second-order valence-corrected chi connectivity index (χ2v) is 14.8. The molecule has 2 saturated carbocycles. The zero-order valence-corrected chi connectivity index (χ0v) is 28.4. The van der Waals surface area contributed by atoms with Gasteiger partial charge in [0.2, 0.25) is 5.91 Å². The zero-order chi connectivity index (χ0) is 34.0. The fourth-order valence-electron chi connectivity index (χ4n) is 6.98. The number of hydrogen-bond acceptors (Lipinski definition) is 9. The third-order valence-electron chi connectivity index (χ3n) is 9.78. The van der Waals surface area contributed by atoms with Gasteiger partial charge in [-0.15, -0.1) is 0 Å². The largest absolute Gasteiger partial charge is 0.508 e. The Morgan fingerprint density at radius 3 is 2.40 bits per heavy atom. The van der Waals surface area contributed by atoms with E-state index in [1.54, 1.807) is 51.1 Å². The number of pyridine rings is 1. The van der Waals surface area contributed by atoms with Crippen LogP contribution in [0.25, 0.3) is 0 Å². The summed E-state index contributed by atoms with van der Waals surface area (Å²) in [5.74, 6) is 1.52. The molecule has 0 unspecified atom stereocenters. The van der Waals surface area contributed by atoms with Gasteiger partial charge in [0.1, 0.15) is 23.0 Å². The van der Waals surface area contributed by atoms with Crippen LogP contribution < -0.4 is 15.5 Å². The number of aliphatic hydroxyl groups excluding tert-OH is 1. The van der Waals surface area contributed by atoms with Crippen LogP contribution in [0.3, 0.4) is 0 Å². The van der Waals surface area contributed by atoms with E-state index in [1.807, 2.05) is 4.90 Å². The Hall–Kier alpha value is -4.06. The van der Waals surface area contributed by atoms with Crippen LogP contribution in [0.2, 0.25) is 0 Å². The van der Waals surface area contributed by atoms with Gasteiger partial charge in [0.15, 0.2) is 0 Å². The minimum Gasteiger partial charge on any atom is -0.508 e. The molecule has 1 aromatic carbocycles. The molecular formula is C36H50N6O6. The minimum atomic E-state index is -1.08. The van der Waals surface area contributed by atoms with Crippen LogP contribution in [0.15, 0.2) is 30.3 Å². The Morgan fingerprint density at radius 2 is 1.71 bits per heavy atom. The van der Waals surface area contributed by atoms with Crippen molar-refractivity contribution in [2.24, 2.45) is 5.92 Å². The molecule has 1 saturated heterocycles. The van der Waals surface area contributed by atoms with Crippen LogP contribution in [0, 0.1) is 5.92 Å². The molecule has 0 radical (unpaired) electrons. The second-order valence-electron chi connectivity index (χ2n) is 14.8. The number of rotatable bonds is 8. The summed E-state index contributed by atoms with van der Waals surface area (Å²) in [6.45, 7) is 7.97. The van der Waals surface area contributed by atoms with Gasteiger partial charge in [-0.2, -0.15) is 0 Å². The topological polar surface area (TPSA) is 148 Å². The van der Waals surface area contributed by atoms with Crippen LogP contribution >= 0.6 is 0 Å². The Labute approximate surface area is 282 Å². The molecule has 2 atom stereocenters. The number of piperazine rings is 1. The molecule has 2 aromatic rings. The first-order valence-corrected chi connectivity index (χ1v) is 17.5. The summed E-state index contributed by atoms with van der Waals surface area (Å²) in [5.41, 5.74) is 1.39. The molecular weight excluding hydrogens is 612 g/mol. The van der Waals surface area contributed by atoms with Crippen molar-refractivity contribution >= 4 is 29.5 Å². The van der Waals surface area contributed by atoms with E-state index in [0.29, 0.717) is 55.8 Å². The van der Waals surface area contributed by atoms with Gasteiger partial charge in [0, 0.05) is 56.8 Å². The average Bonchev–Trinajstić information content (AvgIpc) is 3.91. The van der Waals surface area contributed by atoms with E-state index in [0.717, 1.165) is 49.7 Å². The monoisotopic (exact) mass is 662 g/mol. The lowest BCUT2D eigenvalue weighted by atomic mass is 9.91. The van der Waals surface area contributed by atoms with Crippen molar-refractivity contribution in [3.8, 4) is 5.75 Å². The molecule has 3 heterocycles. The maximum absolute atomic E-state index is 13.7. The first kappa shape index (κ1) is 33.8. The lowest BCUT2D eigenvalue weighted by Gasteiger charge is -2.40. The highest BCUT2D eigenvalue weighted by atomic mass is 16.6. The van der Waals surface area contributed by atoms with Gasteiger partial charge in [-0.1, -0.05) is 25.3 Å². The third kappa shape index (κ3) is 8.32. The van der Waals surface area contributed by atoms with Crippen molar-refractivity contribution < 1.29 is 29.3 Å². The standard InChI is InChI=1S/C36H50N6O6/c1-36(2,3)48-35(47)42-22-26-17-28(43)12-11-24(26)18-29(42)30(44)21-37-33(45)25-19-31(38-27-7-5-4-6-8-27)39-32(20-25)40-13-15-41(16-14-40)34(46)23-9-10-23/h11-12,17,19-20,23,27,29-30,43-44H,4-10,13-16,18,21-22H2,1-3H3,(H,37,45)(H,38,39)/t29-,30+/m0/s1. The first-order valence-electron chi connectivity index (χ1n) is 17.5. The number of aromatic hydroxyl groups is 1. The molecule has 2 aliphatic carbocycles. The van der Waals surface area contributed by atoms with Crippen LogP contribution in [0.4, 0.5) is 16.4 Å². The fraction of sp³-hybridized carbons (Fsp3) is 0.611. The van der Waals surface area contributed by atoms with Gasteiger partial charge in [0.05, 0.1) is 12.1 Å². The Kier molecular flexibility index (Phi) is 10.0. The number of carbonyl (C=O) groups excluding carboxylic acids is 3. The molecule has 1 aromatic heterocycles. The minimum absolute atomic E-state index is 0.0821. The Morgan fingerprint density at radius 1 is 0.979 bits per heavy atom. The number of nitrogens with zero attached hydrogens (tertiary/aromatic N) is 4. The third-order valence-corrected chi connectivity index (χ3v) is 9.78. The number of hydrogen-bond donors (Lipinski definition) is 4. The van der Waals surface area contributed by atoms with Crippen molar-refractivity contribution in [1.82, 2.24) is 20.1 Å². The highest BCUT2D eigenvalue weighted by molar-refractivity contribution is 5.95. The number of aliphatic hydroxyl groups is 1. The smallest absolute Gasteiger partial charge is 0.410 e. The fourth-order valence-corrected chi connectivity index (χ4v) is 6.98. The summed E-state index contributed by atoms with van der Waals surface area (Å²) < 4.78 is 5.66. The van der Waals surface area contributed by atoms with E-state index in [2.05, 4.69) is 15.5 Å². The van der Waals surface area contributed by atoms with Crippen molar-refractivity contribution in [3.63, 3.8) is 0 Å². The lowest BCUT2D eigenvalue weighted by molar-refractivity contribution is -0.132. The van der Waals surface area contributed by atoms with Crippen molar-refractivity contribution in [1.29, 1.82) is 0 Å². The number of phenolic OH excluding ortho intramolecular Hbond substituents is 1. The van der Waals surface area contributed by atoms with Gasteiger partial charge in [-0.3, -0.25) is 14.5 Å². The van der Waals surface area contributed by atoms with Gasteiger partial charge in [0.25, 0.3) is 5.91 Å². The number of benzene rings is 1. The summed E-state index contributed by atoms with van der Waals surface area (Å²) in [6, 6.07) is 8.22. The number of aromatic nitrogens is 1. The number of carbonyl (C=O) groups is 3. The van der Waals surface area contributed by atoms with Crippen LogP contribution in [-0.4, -0.2) is 99.4 Å². The normalized spacial score (nSPS) is 20.9. The van der Waals surface area contributed by atoms with Gasteiger partial charge in [-0.05, 0) is 88.3 Å². The molecule has 2 aliphatic heterocycles. The van der Waals surface area contributed by atoms with E-state index < -0.39 is 23.8 Å². The summed E-state index contributed by atoms with van der Waals surface area (Å²) in [4.78, 5) is 50.1. The van der Waals surface area contributed by atoms with Crippen molar-refractivity contribution in [2.45, 2.75) is 102 Å². The SMILES string of the molecule is CC(C)(C)OC(=O)N1Cc2cc(O)ccc2C[C@H]1[C@H](O)CNC(=O)c1cc(NC2CCCCC2)nc(N2CCN(C(=O)C3CC3)CC2)c1. The molecule has 12 heteroatoms. The average molecular weight is 663 g/mol. The molecule has 260 valence electrons. The Bertz CT molecular complexity index is 1490. The number of fused-ring (bicyclic) bond motifs is 1. The molecule has 4 aliphatic rings. The first-order chi connectivity index (χ1) is 22.9. The van der Waals surface area contributed by atoms with Gasteiger partial charge in [-0.25, -0.2) is 9.78 Å². The van der Waals surface area contributed by atoms with E-state index in [4.69, 9.17) is 9.72 Å². The van der Waals surface area contributed by atoms with Crippen LogP contribution in [-0.2, 0) is 22.5 Å². The highest BCUT2D eigenvalue weighted by Crippen LogP contribution is 2.32. The van der Waals surface area contributed by atoms with Crippen LogP contribution in [0.5, 0.6) is 5.75 Å². The maximum atomic E-state index is 13.7. The summed E-state index contributed by atoms with van der Waals surface area (Å²) >= 11 is 0. The predicted molar refractivity (Wildman–Crippen MR) is 182 cm³/mol. The van der Waals surface area contributed by atoms with E-state index >= 15 is 0 Å². The summed E-state index contributed by atoms with van der Waals surface area (Å²) in [6.07, 6.45) is 6.33. The molecule has 3 amide bonds. The van der Waals surface area contributed by atoms with Gasteiger partial charge < -0.3 is 35.4 Å². The molecule has 0 bridgehead atoms. The molecule has 3 fully saturated rings. The highest BCUT2D eigenvalue weighted by Gasteiger charge is 2.38. The number of nitrogens with one attached hydrogen (secondary N) is 2. The predicted octanol–water partition coefficient (Wildman–Crippen LogP) is 4.04. The quantitative estimate of drug-likeness (QED) is 0.329. The molecule has 12 nitrogen and oxygen atoms in total. The van der Waals surface area contributed by atoms with Crippen molar-refractivity contribution in [2.75, 3.05) is 42.9 Å². The summed E-state index contributed by atoms with van der Waals surface area (Å²) in [7, 11) is 0. The number of ether oxygens (including phenoxy) is 1. The number of anilines is 2. The van der Waals surface area contributed by atoms with Gasteiger partial charge >= 0.3 is 6.09 Å². The van der Waals surface area contributed by atoms with Crippen LogP contribution in [0.1, 0.15) is 87.2 Å². The van der Waals surface area contributed by atoms with E-state index in [9.17, 15) is 24.6 Å². The second kappa shape index (κ2) is 14.2. The molecule has 0 spiro atoms. The molecule has 4 N–H and O–H groups in total. The van der Waals surface area contributed by atoms with E-state index in [-0.39, 0.29) is 36.6 Å².